The highest BCUT2D eigenvalue weighted by Gasteiger charge is 2.33. The molecular weight excluding hydrogens is 398 g/mol. The number of alkyl halides is 2. The van der Waals surface area contributed by atoms with E-state index < -0.39 is 11.8 Å². The molecule has 1 aromatic carbocycles. The molecule has 1 aliphatic rings. The molecule has 1 fully saturated rings. The molecule has 0 spiro atoms. The summed E-state index contributed by atoms with van der Waals surface area (Å²) in [5, 5.41) is 12.3. The number of nitrogens with one attached hydrogen (secondary N) is 1. The van der Waals surface area contributed by atoms with E-state index in [-0.39, 0.29) is 24.9 Å². The second kappa shape index (κ2) is 8.34. The summed E-state index contributed by atoms with van der Waals surface area (Å²) in [6, 6.07) is 8.62. The first kappa shape index (κ1) is 21.0. The fraction of sp³-hybridized carbons (Fsp3) is 0.381. The smallest absolute Gasteiger partial charge is 0.259 e. The SMILES string of the molecule is Cc1ccc(NC(=O)c2cc(Cl)c(C)nc2N2CCCC(F)(F)CC2)cc1C#N. The van der Waals surface area contributed by atoms with Crippen LogP contribution in [-0.2, 0) is 0 Å². The van der Waals surface area contributed by atoms with Crippen molar-refractivity contribution in [3.8, 4) is 6.07 Å². The molecule has 1 N–H and O–H groups in total. The number of aromatic nitrogens is 1. The number of carbonyl (C=O) groups excluding carboxylic acids is 1. The highest BCUT2D eigenvalue weighted by atomic mass is 35.5. The topological polar surface area (TPSA) is 69.0 Å². The molecule has 29 heavy (non-hydrogen) atoms. The number of hydrogen-bond acceptors (Lipinski definition) is 4. The summed E-state index contributed by atoms with van der Waals surface area (Å²) in [4.78, 5) is 19.1. The minimum Gasteiger partial charge on any atom is -0.356 e. The average molecular weight is 419 g/mol. The van der Waals surface area contributed by atoms with Crippen molar-refractivity contribution in [1.29, 1.82) is 5.26 Å². The largest absolute Gasteiger partial charge is 0.356 e. The van der Waals surface area contributed by atoms with E-state index in [1.807, 2.05) is 0 Å². The number of carbonyl (C=O) groups is 1. The lowest BCUT2D eigenvalue weighted by Crippen LogP contribution is -2.29. The molecule has 0 saturated carbocycles. The first-order chi connectivity index (χ1) is 13.7. The van der Waals surface area contributed by atoms with Crippen LogP contribution in [0.5, 0.6) is 0 Å². The van der Waals surface area contributed by atoms with Gasteiger partial charge in [0.15, 0.2) is 0 Å². The molecule has 2 heterocycles. The van der Waals surface area contributed by atoms with E-state index in [1.165, 1.54) is 6.07 Å². The lowest BCUT2D eigenvalue weighted by molar-refractivity contribution is -0.0102. The van der Waals surface area contributed by atoms with Crippen molar-refractivity contribution in [2.24, 2.45) is 0 Å². The molecule has 1 aromatic heterocycles. The maximum Gasteiger partial charge on any atom is 0.259 e. The van der Waals surface area contributed by atoms with E-state index in [0.717, 1.165) is 5.56 Å². The number of pyridine rings is 1. The number of amides is 1. The minimum absolute atomic E-state index is 0.102. The van der Waals surface area contributed by atoms with Crippen molar-refractivity contribution in [3.63, 3.8) is 0 Å². The van der Waals surface area contributed by atoms with Gasteiger partial charge in [0.2, 0.25) is 5.92 Å². The van der Waals surface area contributed by atoms with Gasteiger partial charge in [-0.1, -0.05) is 17.7 Å². The third-order valence-corrected chi connectivity index (χ3v) is 5.39. The maximum absolute atomic E-state index is 13.8. The predicted molar refractivity (Wildman–Crippen MR) is 109 cm³/mol. The summed E-state index contributed by atoms with van der Waals surface area (Å²) in [7, 11) is 0. The fourth-order valence-electron chi connectivity index (χ4n) is 3.27. The van der Waals surface area contributed by atoms with E-state index >= 15 is 0 Å². The fourth-order valence-corrected chi connectivity index (χ4v) is 3.42. The number of benzene rings is 1. The number of halogens is 3. The van der Waals surface area contributed by atoms with Gasteiger partial charge in [-0.3, -0.25) is 4.79 Å². The number of anilines is 2. The molecule has 1 saturated heterocycles. The Labute approximate surface area is 173 Å². The van der Waals surface area contributed by atoms with Gasteiger partial charge in [-0.05, 0) is 44.0 Å². The van der Waals surface area contributed by atoms with Gasteiger partial charge in [-0.2, -0.15) is 5.26 Å². The summed E-state index contributed by atoms with van der Waals surface area (Å²) in [6.07, 6.45) is -0.167. The number of hydrogen-bond donors (Lipinski definition) is 1. The average Bonchev–Trinajstić information content (AvgIpc) is 2.85. The van der Waals surface area contributed by atoms with Crippen LogP contribution in [0.4, 0.5) is 20.3 Å². The molecule has 8 heteroatoms. The summed E-state index contributed by atoms with van der Waals surface area (Å²) >= 11 is 6.19. The highest BCUT2D eigenvalue weighted by molar-refractivity contribution is 6.31. The van der Waals surface area contributed by atoms with Gasteiger partial charge in [0.1, 0.15) is 5.82 Å². The van der Waals surface area contributed by atoms with Crippen LogP contribution >= 0.6 is 11.6 Å². The van der Waals surface area contributed by atoms with E-state index in [2.05, 4.69) is 16.4 Å². The molecule has 0 unspecified atom stereocenters. The number of rotatable bonds is 3. The Balaban J connectivity index is 1.93. The third kappa shape index (κ3) is 4.83. The zero-order valence-corrected chi connectivity index (χ0v) is 17.0. The van der Waals surface area contributed by atoms with E-state index in [9.17, 15) is 18.8 Å². The van der Waals surface area contributed by atoms with Gasteiger partial charge in [-0.15, -0.1) is 0 Å². The van der Waals surface area contributed by atoms with Crippen LogP contribution in [0.25, 0.3) is 0 Å². The second-order valence-electron chi connectivity index (χ2n) is 7.22. The monoisotopic (exact) mass is 418 g/mol. The molecule has 0 atom stereocenters. The van der Waals surface area contributed by atoms with Crippen LogP contribution in [0.2, 0.25) is 5.02 Å². The van der Waals surface area contributed by atoms with E-state index in [0.29, 0.717) is 40.8 Å². The third-order valence-electron chi connectivity index (χ3n) is 5.01. The van der Waals surface area contributed by atoms with Crippen molar-refractivity contribution >= 4 is 29.0 Å². The van der Waals surface area contributed by atoms with Gasteiger partial charge >= 0.3 is 0 Å². The molecule has 3 rings (SSSR count). The molecule has 2 aromatic rings. The molecule has 1 amide bonds. The van der Waals surface area contributed by atoms with Crippen LogP contribution in [0.3, 0.4) is 0 Å². The van der Waals surface area contributed by atoms with Gasteiger partial charge in [-0.25, -0.2) is 13.8 Å². The summed E-state index contributed by atoms with van der Waals surface area (Å²) in [5.41, 5.74) is 2.46. The van der Waals surface area contributed by atoms with Gasteiger partial charge in [0, 0.05) is 31.6 Å². The molecular formula is C21H21ClF2N4O. The molecule has 152 valence electrons. The van der Waals surface area contributed by atoms with Gasteiger partial charge in [0.05, 0.1) is 27.9 Å². The first-order valence-corrected chi connectivity index (χ1v) is 9.70. The quantitative estimate of drug-likeness (QED) is 0.752. The van der Waals surface area contributed by atoms with Crippen molar-refractivity contribution < 1.29 is 13.6 Å². The summed E-state index contributed by atoms with van der Waals surface area (Å²) < 4.78 is 27.5. The van der Waals surface area contributed by atoms with Crippen molar-refractivity contribution in [1.82, 2.24) is 4.98 Å². The molecule has 0 aliphatic carbocycles. The van der Waals surface area contributed by atoms with Crippen LogP contribution in [0, 0.1) is 25.2 Å². The molecule has 1 aliphatic heterocycles. The van der Waals surface area contributed by atoms with Crippen LogP contribution in [-0.4, -0.2) is 29.9 Å². The normalized spacial score (nSPS) is 16.1. The Morgan fingerprint density at radius 1 is 1.28 bits per heavy atom. The van der Waals surface area contributed by atoms with Gasteiger partial charge in [0.25, 0.3) is 5.91 Å². The zero-order valence-electron chi connectivity index (χ0n) is 16.2. The Kier molecular flexibility index (Phi) is 6.04. The lowest BCUT2D eigenvalue weighted by Gasteiger charge is -2.24. The summed E-state index contributed by atoms with van der Waals surface area (Å²) in [5.74, 6) is -2.83. The zero-order chi connectivity index (χ0) is 21.2. The van der Waals surface area contributed by atoms with Crippen molar-refractivity contribution in [3.05, 3.63) is 51.7 Å². The number of nitriles is 1. The van der Waals surface area contributed by atoms with Gasteiger partial charge < -0.3 is 10.2 Å². The van der Waals surface area contributed by atoms with Crippen molar-refractivity contribution in [2.45, 2.75) is 39.0 Å². The van der Waals surface area contributed by atoms with Crippen LogP contribution in [0.15, 0.2) is 24.3 Å². The van der Waals surface area contributed by atoms with Crippen LogP contribution in [0.1, 0.15) is 46.4 Å². The molecule has 0 bridgehead atoms. The van der Waals surface area contributed by atoms with E-state index in [1.54, 1.807) is 36.9 Å². The molecule has 5 nitrogen and oxygen atoms in total. The Hall–Kier alpha value is -2.72. The van der Waals surface area contributed by atoms with Crippen molar-refractivity contribution in [2.75, 3.05) is 23.3 Å². The van der Waals surface area contributed by atoms with Crippen LogP contribution < -0.4 is 10.2 Å². The lowest BCUT2D eigenvalue weighted by atomic mass is 10.1. The number of nitrogens with zero attached hydrogens (tertiary/aromatic N) is 3. The summed E-state index contributed by atoms with van der Waals surface area (Å²) in [6.45, 7) is 4.00. The predicted octanol–water partition coefficient (Wildman–Crippen LogP) is 5.10. The Morgan fingerprint density at radius 3 is 2.76 bits per heavy atom. The minimum atomic E-state index is -2.71. The Morgan fingerprint density at radius 2 is 2.03 bits per heavy atom. The highest BCUT2D eigenvalue weighted by Crippen LogP contribution is 2.32. The number of aryl methyl sites for hydroxylation is 2. The second-order valence-corrected chi connectivity index (χ2v) is 7.63. The first-order valence-electron chi connectivity index (χ1n) is 9.32. The standard InChI is InChI=1S/C21H21ClF2N4O/c1-13-4-5-16(10-15(13)12-25)27-20(29)17-11-18(22)14(2)26-19(17)28-8-3-6-21(23,24)7-9-28/h4-5,10-11H,3,6-9H2,1-2H3,(H,27,29). The molecule has 0 radical (unpaired) electrons. The Bertz CT molecular complexity index is 987. The van der Waals surface area contributed by atoms with E-state index in [4.69, 9.17) is 11.6 Å². The maximum atomic E-state index is 13.8.